The van der Waals surface area contributed by atoms with Gasteiger partial charge in [0.1, 0.15) is 22.2 Å². The summed E-state index contributed by atoms with van der Waals surface area (Å²) in [5, 5.41) is 23.9. The molecular formula is C28H34N4OS2. The van der Waals surface area contributed by atoms with Gasteiger partial charge in [-0.15, -0.1) is 23.1 Å². The van der Waals surface area contributed by atoms with E-state index in [-0.39, 0.29) is 11.3 Å². The van der Waals surface area contributed by atoms with E-state index >= 15 is 0 Å². The molecule has 4 rings (SSSR count). The molecule has 1 unspecified atom stereocenters. The summed E-state index contributed by atoms with van der Waals surface area (Å²) >= 11 is 3.05. The normalized spacial score (nSPS) is 17.8. The Morgan fingerprint density at radius 1 is 1.17 bits per heavy atom. The van der Waals surface area contributed by atoms with Crippen molar-refractivity contribution in [2.75, 3.05) is 11.1 Å². The summed E-state index contributed by atoms with van der Waals surface area (Å²) in [7, 11) is 0. The summed E-state index contributed by atoms with van der Waals surface area (Å²) in [4.78, 5) is 18.8. The van der Waals surface area contributed by atoms with Gasteiger partial charge in [0.2, 0.25) is 5.91 Å². The molecule has 0 saturated carbocycles. The van der Waals surface area contributed by atoms with Gasteiger partial charge in [-0.1, -0.05) is 33.6 Å². The van der Waals surface area contributed by atoms with Gasteiger partial charge in [-0.3, -0.25) is 4.79 Å². The number of aryl methyl sites for hydroxylation is 2. The van der Waals surface area contributed by atoms with E-state index in [2.05, 4.69) is 38.2 Å². The number of hydrogen-bond donors (Lipinski definition) is 1. The van der Waals surface area contributed by atoms with E-state index in [1.165, 1.54) is 35.0 Å². The van der Waals surface area contributed by atoms with Crippen molar-refractivity contribution in [1.29, 1.82) is 10.5 Å². The van der Waals surface area contributed by atoms with Crippen LogP contribution in [0.3, 0.4) is 0 Å². The van der Waals surface area contributed by atoms with Gasteiger partial charge in [-0.05, 0) is 73.5 Å². The van der Waals surface area contributed by atoms with Crippen molar-refractivity contribution in [1.82, 2.24) is 4.98 Å². The molecule has 2 aromatic rings. The number of nitrogens with one attached hydrogen (secondary N) is 1. The molecule has 5 nitrogen and oxygen atoms in total. The molecule has 0 aromatic carbocycles. The average molecular weight is 507 g/mol. The second-order valence-corrected chi connectivity index (χ2v) is 12.9. The highest BCUT2D eigenvalue weighted by atomic mass is 32.2. The third kappa shape index (κ3) is 6.08. The van der Waals surface area contributed by atoms with Crippen LogP contribution in [0.25, 0.3) is 0 Å². The van der Waals surface area contributed by atoms with Gasteiger partial charge in [0.05, 0.1) is 11.1 Å². The quantitative estimate of drug-likeness (QED) is 0.450. The summed E-state index contributed by atoms with van der Waals surface area (Å²) in [5.41, 5.74) is 4.95. The van der Waals surface area contributed by atoms with Gasteiger partial charge in [-0.2, -0.15) is 10.5 Å². The fourth-order valence-corrected chi connectivity index (χ4v) is 7.33. The number of nitriles is 2. The molecule has 0 bridgehead atoms. The topological polar surface area (TPSA) is 89.6 Å². The maximum atomic E-state index is 12.8. The first-order valence-electron chi connectivity index (χ1n) is 12.7. The van der Waals surface area contributed by atoms with E-state index in [1.807, 2.05) is 6.07 Å². The van der Waals surface area contributed by atoms with Crippen LogP contribution in [-0.4, -0.2) is 16.6 Å². The largest absolute Gasteiger partial charge is 0.317 e. The maximum absolute atomic E-state index is 12.8. The van der Waals surface area contributed by atoms with Crippen LogP contribution in [0.2, 0.25) is 0 Å². The lowest BCUT2D eigenvalue weighted by atomic mass is 9.72. The molecule has 0 spiro atoms. The van der Waals surface area contributed by atoms with Crippen LogP contribution < -0.4 is 5.32 Å². The van der Waals surface area contributed by atoms with E-state index in [0.29, 0.717) is 34.2 Å². The van der Waals surface area contributed by atoms with Crippen LogP contribution >= 0.6 is 23.1 Å². The molecule has 1 N–H and O–H groups in total. The number of hydrogen-bond acceptors (Lipinski definition) is 6. The number of nitrogens with zero attached hydrogens (tertiary/aromatic N) is 3. The molecule has 2 heterocycles. The zero-order chi connectivity index (χ0) is 25.0. The predicted octanol–water partition coefficient (Wildman–Crippen LogP) is 6.82. The van der Waals surface area contributed by atoms with E-state index in [4.69, 9.17) is 4.98 Å². The molecular weight excluding hydrogens is 472 g/mol. The molecule has 0 radical (unpaired) electrons. The zero-order valence-electron chi connectivity index (χ0n) is 21.0. The number of fused-ring (bicyclic) bond motifs is 2. The summed E-state index contributed by atoms with van der Waals surface area (Å²) in [5.74, 6) is 1.04. The van der Waals surface area contributed by atoms with Crippen molar-refractivity contribution in [2.45, 2.75) is 90.0 Å². The number of thiophene rings is 1. The van der Waals surface area contributed by atoms with Gasteiger partial charge in [0.15, 0.2) is 0 Å². The van der Waals surface area contributed by atoms with Crippen molar-refractivity contribution >= 4 is 34.0 Å². The summed E-state index contributed by atoms with van der Waals surface area (Å²) < 4.78 is 0. The van der Waals surface area contributed by atoms with Crippen LogP contribution in [0, 0.1) is 34.0 Å². The van der Waals surface area contributed by atoms with Crippen molar-refractivity contribution in [3.05, 3.63) is 38.9 Å². The molecule has 1 amide bonds. The molecule has 1 atom stereocenters. The Morgan fingerprint density at radius 3 is 2.66 bits per heavy atom. The number of thioether (sulfide) groups is 1. The Balaban J connectivity index is 1.39. The number of aromatic nitrogens is 1. The Kier molecular flexibility index (Phi) is 8.19. The summed E-state index contributed by atoms with van der Waals surface area (Å²) in [6.45, 7) is 6.83. The third-order valence-corrected chi connectivity index (χ3v) is 9.47. The van der Waals surface area contributed by atoms with E-state index in [9.17, 15) is 15.3 Å². The van der Waals surface area contributed by atoms with Crippen LogP contribution in [0.15, 0.2) is 11.1 Å². The highest BCUT2D eigenvalue weighted by molar-refractivity contribution is 7.99. The van der Waals surface area contributed by atoms with Crippen molar-refractivity contribution in [3.8, 4) is 12.1 Å². The van der Waals surface area contributed by atoms with Crippen LogP contribution in [-0.2, 0) is 30.5 Å². The van der Waals surface area contributed by atoms with E-state index < -0.39 is 0 Å². The minimum absolute atomic E-state index is 0.0928. The number of pyridine rings is 1. The van der Waals surface area contributed by atoms with Gasteiger partial charge in [0.25, 0.3) is 0 Å². The molecule has 0 saturated heterocycles. The monoisotopic (exact) mass is 506 g/mol. The molecule has 35 heavy (non-hydrogen) atoms. The Labute approximate surface area is 217 Å². The van der Waals surface area contributed by atoms with Crippen molar-refractivity contribution in [2.24, 2.45) is 11.3 Å². The van der Waals surface area contributed by atoms with Crippen LogP contribution in [0.5, 0.6) is 0 Å². The molecule has 2 aromatic heterocycles. The van der Waals surface area contributed by atoms with Crippen molar-refractivity contribution in [3.63, 3.8) is 0 Å². The highest BCUT2D eigenvalue weighted by Gasteiger charge is 2.32. The van der Waals surface area contributed by atoms with E-state index in [0.717, 1.165) is 61.2 Å². The molecule has 2 aliphatic rings. The minimum atomic E-state index is -0.0928. The second kappa shape index (κ2) is 11.1. The van der Waals surface area contributed by atoms with Gasteiger partial charge < -0.3 is 5.32 Å². The number of carbonyl (C=O) groups excluding carboxylic acids is 1. The first kappa shape index (κ1) is 25.7. The molecule has 2 aliphatic carbocycles. The van der Waals surface area contributed by atoms with Gasteiger partial charge >= 0.3 is 0 Å². The number of rotatable bonds is 5. The molecule has 7 heteroatoms. The fraction of sp³-hybridized carbons (Fsp3) is 0.571. The van der Waals surface area contributed by atoms with Crippen molar-refractivity contribution < 1.29 is 4.79 Å². The molecule has 0 fully saturated rings. The lowest BCUT2D eigenvalue weighted by Crippen LogP contribution is -2.26. The Bertz CT molecular complexity index is 1180. The number of anilines is 1. The third-order valence-electron chi connectivity index (χ3n) is 7.31. The fourth-order valence-electron chi connectivity index (χ4n) is 5.12. The summed E-state index contributed by atoms with van der Waals surface area (Å²) in [6.07, 6.45) is 10.0. The summed E-state index contributed by atoms with van der Waals surface area (Å²) in [6, 6.07) is 6.65. The number of amides is 1. The highest BCUT2D eigenvalue weighted by Crippen LogP contribution is 2.44. The van der Waals surface area contributed by atoms with Crippen LogP contribution in [0.1, 0.15) is 92.1 Å². The lowest BCUT2D eigenvalue weighted by Gasteiger charge is -2.33. The first-order chi connectivity index (χ1) is 16.8. The van der Waals surface area contributed by atoms with Crippen LogP contribution in [0.4, 0.5) is 5.00 Å². The average Bonchev–Trinajstić information content (AvgIpc) is 3.15. The Hall–Kier alpha value is -2.35. The minimum Gasteiger partial charge on any atom is -0.317 e. The van der Waals surface area contributed by atoms with Gasteiger partial charge in [0, 0.05) is 22.7 Å². The first-order valence-corrected chi connectivity index (χ1v) is 14.5. The predicted molar refractivity (Wildman–Crippen MR) is 143 cm³/mol. The zero-order valence-corrected chi connectivity index (χ0v) is 22.6. The second-order valence-electron chi connectivity index (χ2n) is 10.7. The lowest BCUT2D eigenvalue weighted by molar-refractivity contribution is -0.115. The van der Waals surface area contributed by atoms with Gasteiger partial charge in [-0.25, -0.2) is 4.98 Å². The van der Waals surface area contributed by atoms with E-state index in [1.54, 1.807) is 11.3 Å². The molecule has 184 valence electrons. The Morgan fingerprint density at radius 2 is 1.94 bits per heavy atom. The number of carbonyl (C=O) groups is 1. The SMILES string of the molecule is CC(C)(C)C1CCc2c(sc(NC(=O)CCSc3nc4c(cc3C#N)CCCCCC4)c2C#N)C1. The maximum Gasteiger partial charge on any atom is 0.225 e. The molecule has 0 aliphatic heterocycles. The standard InChI is InChI=1S/C28H34N4OS2/c1-28(2,3)20-10-11-21-22(17-30)27(35-24(21)15-20)32-25(33)12-13-34-26-19(16-29)14-18-8-6-4-5-7-9-23(18)31-26/h14,20H,4-13,15H2,1-3H3,(H,32,33). The smallest absolute Gasteiger partial charge is 0.225 e.